The molecule has 0 bridgehead atoms. The van der Waals surface area contributed by atoms with E-state index in [1.54, 1.807) is 12.1 Å². The van der Waals surface area contributed by atoms with Gasteiger partial charge in [0, 0.05) is 25.1 Å². The predicted octanol–water partition coefficient (Wildman–Crippen LogP) is 2.43. The first-order chi connectivity index (χ1) is 10.6. The maximum absolute atomic E-state index is 12.8. The van der Waals surface area contributed by atoms with Crippen LogP contribution in [-0.4, -0.2) is 29.1 Å². The Morgan fingerprint density at radius 3 is 2.36 bits per heavy atom. The van der Waals surface area contributed by atoms with Gasteiger partial charge in [0.15, 0.2) is 5.78 Å². The van der Waals surface area contributed by atoms with Crippen molar-refractivity contribution in [1.82, 2.24) is 5.32 Å². The van der Waals surface area contributed by atoms with Crippen LogP contribution in [0.25, 0.3) is 0 Å². The maximum atomic E-state index is 12.8. The molecule has 4 nitrogen and oxygen atoms in total. The molecule has 0 aliphatic rings. The van der Waals surface area contributed by atoms with Gasteiger partial charge in [-0.25, -0.2) is 4.39 Å². The molecule has 5 heteroatoms. The molecule has 2 rings (SSSR count). The van der Waals surface area contributed by atoms with E-state index >= 15 is 0 Å². The highest BCUT2D eigenvalue weighted by Gasteiger charge is 2.09. The number of ketones is 1. The topological polar surface area (TPSA) is 69.6 Å². The number of hydrogen-bond acceptors (Lipinski definition) is 4. The zero-order valence-electron chi connectivity index (χ0n) is 12.0. The zero-order valence-corrected chi connectivity index (χ0v) is 12.0. The van der Waals surface area contributed by atoms with Crippen molar-refractivity contribution in [1.29, 1.82) is 0 Å². The lowest BCUT2D eigenvalue weighted by Crippen LogP contribution is -2.24. The molecule has 0 aliphatic heterocycles. The Kier molecular flexibility index (Phi) is 5.63. The van der Waals surface area contributed by atoms with Gasteiger partial charge in [-0.05, 0) is 42.0 Å². The molecule has 0 amide bonds. The van der Waals surface area contributed by atoms with Crippen LogP contribution >= 0.6 is 0 Å². The number of aromatic hydroxyl groups is 1. The maximum Gasteiger partial charge on any atom is 0.164 e. The molecule has 116 valence electrons. The minimum atomic E-state index is -0.746. The van der Waals surface area contributed by atoms with Gasteiger partial charge in [0.2, 0.25) is 0 Å². The van der Waals surface area contributed by atoms with Crippen molar-refractivity contribution in [2.24, 2.45) is 0 Å². The van der Waals surface area contributed by atoms with E-state index in [0.717, 1.165) is 0 Å². The van der Waals surface area contributed by atoms with E-state index in [0.29, 0.717) is 24.1 Å². The Bertz CT molecular complexity index is 611. The average Bonchev–Trinajstić information content (AvgIpc) is 2.52. The van der Waals surface area contributed by atoms with Gasteiger partial charge in [0.25, 0.3) is 0 Å². The van der Waals surface area contributed by atoms with Crippen molar-refractivity contribution in [2.45, 2.75) is 12.5 Å². The molecule has 0 aliphatic carbocycles. The second-order valence-electron chi connectivity index (χ2n) is 4.99. The number of Topliss-reactive ketones (excluding diaryl/α,β-unsaturated/α-hetero) is 1. The molecule has 0 aromatic heterocycles. The number of nitrogens with one attached hydrogen (secondary N) is 1. The van der Waals surface area contributed by atoms with Gasteiger partial charge < -0.3 is 15.5 Å². The number of phenolic OH excluding ortho intramolecular Hbond substituents is 1. The number of phenols is 1. The number of benzene rings is 2. The van der Waals surface area contributed by atoms with Crippen LogP contribution in [0.2, 0.25) is 0 Å². The highest BCUT2D eigenvalue weighted by Crippen LogP contribution is 2.13. The van der Waals surface area contributed by atoms with Crippen LogP contribution in [-0.2, 0) is 0 Å². The third-order valence-corrected chi connectivity index (χ3v) is 3.31. The Hall–Kier alpha value is -2.24. The van der Waals surface area contributed by atoms with Crippen LogP contribution in [0, 0.1) is 5.82 Å². The molecule has 0 fully saturated rings. The minimum Gasteiger partial charge on any atom is -0.508 e. The fourth-order valence-electron chi connectivity index (χ4n) is 2.04. The van der Waals surface area contributed by atoms with Crippen molar-refractivity contribution in [2.75, 3.05) is 13.1 Å². The van der Waals surface area contributed by atoms with Gasteiger partial charge in [0.05, 0.1) is 6.10 Å². The third kappa shape index (κ3) is 4.65. The molecular weight excluding hydrogens is 285 g/mol. The fourth-order valence-corrected chi connectivity index (χ4v) is 2.04. The van der Waals surface area contributed by atoms with Crippen LogP contribution < -0.4 is 5.32 Å². The van der Waals surface area contributed by atoms with Gasteiger partial charge in [-0.1, -0.05) is 12.1 Å². The normalized spacial score (nSPS) is 12.1. The number of hydrogen-bond donors (Lipinski definition) is 3. The van der Waals surface area contributed by atoms with E-state index in [9.17, 15) is 14.3 Å². The van der Waals surface area contributed by atoms with E-state index < -0.39 is 6.10 Å². The smallest absolute Gasteiger partial charge is 0.164 e. The summed E-state index contributed by atoms with van der Waals surface area (Å²) in [6, 6.07) is 11.8. The van der Waals surface area contributed by atoms with Crippen molar-refractivity contribution in [3.8, 4) is 5.75 Å². The molecule has 2 aromatic rings. The number of carbonyl (C=O) groups is 1. The van der Waals surface area contributed by atoms with Crippen LogP contribution in [0.4, 0.5) is 4.39 Å². The molecule has 22 heavy (non-hydrogen) atoms. The highest BCUT2D eigenvalue weighted by atomic mass is 19.1. The first-order valence-corrected chi connectivity index (χ1v) is 7.03. The molecule has 0 saturated carbocycles. The zero-order chi connectivity index (χ0) is 15.9. The molecule has 0 heterocycles. The Balaban J connectivity index is 1.73. The summed E-state index contributed by atoms with van der Waals surface area (Å²) in [6.45, 7) is 0.715. The lowest BCUT2D eigenvalue weighted by Gasteiger charge is -2.12. The molecule has 1 atom stereocenters. The number of rotatable bonds is 7. The van der Waals surface area contributed by atoms with Crippen molar-refractivity contribution in [3.05, 3.63) is 65.5 Å². The Morgan fingerprint density at radius 1 is 1.09 bits per heavy atom. The summed E-state index contributed by atoms with van der Waals surface area (Å²) in [4.78, 5) is 11.9. The van der Waals surface area contributed by atoms with Crippen LogP contribution in [0.5, 0.6) is 5.75 Å². The number of aliphatic hydroxyl groups is 1. The van der Waals surface area contributed by atoms with E-state index in [1.165, 1.54) is 36.4 Å². The fraction of sp³-hybridized carbons (Fsp3) is 0.235. The summed E-state index contributed by atoms with van der Waals surface area (Å²) in [7, 11) is 0. The largest absolute Gasteiger partial charge is 0.508 e. The van der Waals surface area contributed by atoms with Crippen LogP contribution in [0.3, 0.4) is 0 Å². The summed E-state index contributed by atoms with van der Waals surface area (Å²) in [5, 5.41) is 22.1. The first kappa shape index (κ1) is 16.1. The van der Waals surface area contributed by atoms with Crippen molar-refractivity contribution in [3.63, 3.8) is 0 Å². The molecule has 3 N–H and O–H groups in total. The van der Waals surface area contributed by atoms with Gasteiger partial charge in [-0.2, -0.15) is 0 Å². The van der Waals surface area contributed by atoms with E-state index in [4.69, 9.17) is 5.11 Å². The summed E-state index contributed by atoms with van der Waals surface area (Å²) < 4.78 is 12.8. The second-order valence-corrected chi connectivity index (χ2v) is 4.99. The van der Waals surface area contributed by atoms with Gasteiger partial charge in [-0.15, -0.1) is 0 Å². The third-order valence-electron chi connectivity index (χ3n) is 3.31. The number of aliphatic hydroxyl groups excluding tert-OH is 1. The molecule has 0 radical (unpaired) electrons. The molecular formula is C17H18FNO3. The quantitative estimate of drug-likeness (QED) is 0.543. The first-order valence-electron chi connectivity index (χ1n) is 7.03. The second kappa shape index (κ2) is 7.68. The minimum absolute atomic E-state index is 0.0382. The molecule has 0 spiro atoms. The monoisotopic (exact) mass is 303 g/mol. The van der Waals surface area contributed by atoms with Crippen molar-refractivity contribution >= 4 is 5.78 Å². The average molecular weight is 303 g/mol. The Morgan fingerprint density at radius 2 is 1.73 bits per heavy atom. The molecule has 1 unspecified atom stereocenters. The predicted molar refractivity (Wildman–Crippen MR) is 81.3 cm³/mol. The summed E-state index contributed by atoms with van der Waals surface area (Å²) >= 11 is 0. The number of halogens is 1. The summed E-state index contributed by atoms with van der Waals surface area (Å²) in [6.07, 6.45) is -0.453. The molecule has 2 aromatic carbocycles. The van der Waals surface area contributed by atoms with Crippen LogP contribution in [0.1, 0.15) is 28.4 Å². The highest BCUT2D eigenvalue weighted by molar-refractivity contribution is 5.96. The lowest BCUT2D eigenvalue weighted by atomic mass is 10.1. The Labute approximate surface area is 128 Å². The van der Waals surface area contributed by atoms with E-state index in [1.807, 2.05) is 0 Å². The van der Waals surface area contributed by atoms with Gasteiger partial charge in [0.1, 0.15) is 11.6 Å². The molecule has 0 saturated heterocycles. The van der Waals surface area contributed by atoms with Crippen molar-refractivity contribution < 1.29 is 19.4 Å². The van der Waals surface area contributed by atoms with E-state index in [-0.39, 0.29) is 23.9 Å². The summed E-state index contributed by atoms with van der Waals surface area (Å²) in [5.41, 5.74) is 1.16. The number of carbonyl (C=O) groups excluding carboxylic acids is 1. The van der Waals surface area contributed by atoms with Gasteiger partial charge >= 0.3 is 0 Å². The SMILES string of the molecule is O=C(CCNCC(O)c1ccc(F)cc1)c1ccc(O)cc1. The van der Waals surface area contributed by atoms with Gasteiger partial charge in [-0.3, -0.25) is 4.79 Å². The summed E-state index contributed by atoms with van der Waals surface area (Å²) in [5.74, 6) is -0.260. The standard InChI is InChI=1S/C17H18FNO3/c18-14-5-1-13(2-6-14)17(22)11-19-10-9-16(21)12-3-7-15(20)8-4-12/h1-8,17,19-20,22H,9-11H2. The lowest BCUT2D eigenvalue weighted by molar-refractivity contribution is 0.0979. The van der Waals surface area contributed by atoms with Crippen LogP contribution in [0.15, 0.2) is 48.5 Å². The van der Waals surface area contributed by atoms with E-state index in [2.05, 4.69) is 5.32 Å².